The van der Waals surface area contributed by atoms with E-state index in [0.29, 0.717) is 17.3 Å². The number of likely N-dealkylation sites (N-methyl/N-ethyl adjacent to an activating group) is 1. The molecule has 1 aromatic heterocycles. The van der Waals surface area contributed by atoms with Gasteiger partial charge < -0.3 is 10.3 Å². The summed E-state index contributed by atoms with van der Waals surface area (Å²) in [5.74, 6) is -0.919. The first-order valence-corrected chi connectivity index (χ1v) is 7.93. The highest BCUT2D eigenvalue weighted by atomic mass is 16.2. The molecule has 1 heterocycles. The Balaban J connectivity index is 2.30. The van der Waals surface area contributed by atoms with Crippen LogP contribution in [0.1, 0.15) is 30.8 Å². The first-order chi connectivity index (χ1) is 11.8. The average molecular weight is 340 g/mol. The van der Waals surface area contributed by atoms with Gasteiger partial charge in [0.1, 0.15) is 11.7 Å². The van der Waals surface area contributed by atoms with Gasteiger partial charge in [-0.3, -0.25) is 19.3 Å². The first-order valence-electron chi connectivity index (χ1n) is 7.93. The molecule has 2 N–H and O–H groups in total. The van der Waals surface area contributed by atoms with Crippen LogP contribution in [0.5, 0.6) is 0 Å². The molecule has 0 spiro atoms. The molecule has 0 saturated heterocycles. The number of benzene rings is 1. The lowest BCUT2D eigenvalue weighted by atomic mass is 10.0. The van der Waals surface area contributed by atoms with Crippen molar-refractivity contribution < 1.29 is 9.59 Å². The lowest BCUT2D eigenvalue weighted by Crippen LogP contribution is -2.47. The summed E-state index contributed by atoms with van der Waals surface area (Å²) in [7, 11) is 1.35. The molecule has 0 aliphatic rings. The van der Waals surface area contributed by atoms with E-state index in [4.69, 9.17) is 5.26 Å². The summed E-state index contributed by atoms with van der Waals surface area (Å²) in [6.07, 6.45) is 2.12. The van der Waals surface area contributed by atoms with Crippen molar-refractivity contribution in [2.45, 2.75) is 26.3 Å². The van der Waals surface area contributed by atoms with E-state index in [1.807, 2.05) is 13.8 Å². The van der Waals surface area contributed by atoms with Gasteiger partial charge in [-0.1, -0.05) is 26.0 Å². The third-order valence-electron chi connectivity index (χ3n) is 3.77. The Hall–Kier alpha value is -3.14. The number of rotatable bonds is 5. The quantitative estimate of drug-likeness (QED) is 0.637. The molecule has 1 atom stereocenters. The van der Waals surface area contributed by atoms with E-state index < -0.39 is 17.9 Å². The lowest BCUT2D eigenvalue weighted by molar-refractivity contribution is -0.129. The van der Waals surface area contributed by atoms with Crippen LogP contribution in [-0.4, -0.2) is 34.8 Å². The second kappa shape index (κ2) is 7.62. The van der Waals surface area contributed by atoms with Gasteiger partial charge in [-0.05, 0) is 24.5 Å². The third kappa shape index (κ3) is 4.23. The minimum Gasteiger partial charge on any atom is -0.350 e. The molecule has 2 amide bonds. The van der Waals surface area contributed by atoms with Crippen molar-refractivity contribution in [1.29, 1.82) is 5.26 Å². The second-order valence-corrected chi connectivity index (χ2v) is 6.25. The predicted molar refractivity (Wildman–Crippen MR) is 93.7 cm³/mol. The molecule has 0 fully saturated rings. The topological polar surface area (TPSA) is 106 Å². The molecule has 7 nitrogen and oxygen atoms in total. The van der Waals surface area contributed by atoms with Gasteiger partial charge in [0.2, 0.25) is 0 Å². The largest absolute Gasteiger partial charge is 0.350 e. The van der Waals surface area contributed by atoms with Crippen molar-refractivity contribution in [3.05, 3.63) is 46.2 Å². The number of carbonyl (C=O) groups excluding carboxylic acids is 2. The minimum absolute atomic E-state index is 0.0740. The maximum absolute atomic E-state index is 12.5. The molecular weight excluding hydrogens is 320 g/mol. The van der Waals surface area contributed by atoms with E-state index >= 15 is 0 Å². The van der Waals surface area contributed by atoms with Gasteiger partial charge in [0.15, 0.2) is 11.6 Å². The summed E-state index contributed by atoms with van der Waals surface area (Å²) < 4.78 is 0. The molecule has 0 radical (unpaired) electrons. The van der Waals surface area contributed by atoms with Crippen molar-refractivity contribution >= 4 is 22.7 Å². The fraction of sp³-hybridized carbons (Fsp3) is 0.333. The van der Waals surface area contributed by atoms with Gasteiger partial charge in [-0.2, -0.15) is 5.26 Å². The molecule has 2 aromatic rings. The number of nitrogens with zero attached hydrogens (tertiary/aromatic N) is 2. The number of amides is 2. The molecule has 130 valence electrons. The summed E-state index contributed by atoms with van der Waals surface area (Å²) >= 11 is 0. The van der Waals surface area contributed by atoms with Crippen molar-refractivity contribution in [3.8, 4) is 6.19 Å². The Bertz CT molecular complexity index is 895. The molecule has 0 bridgehead atoms. The molecule has 0 unspecified atom stereocenters. The standard InChI is InChI=1S/C18H20N4O3/c1-11(2)8-15(18(25)22(3)10-19)21-17(24)14-9-16(23)12-6-4-5-7-13(12)20-14/h4-7,9,11,15H,8H2,1-3H3,(H,20,23)(H,21,24)/t15-/m1/s1. The van der Waals surface area contributed by atoms with E-state index in [1.54, 1.807) is 30.5 Å². The number of nitriles is 1. The van der Waals surface area contributed by atoms with Crippen LogP contribution in [0.15, 0.2) is 35.1 Å². The molecular formula is C18H20N4O3. The highest BCUT2D eigenvalue weighted by Crippen LogP contribution is 2.10. The third-order valence-corrected chi connectivity index (χ3v) is 3.77. The summed E-state index contributed by atoms with van der Waals surface area (Å²) in [4.78, 5) is 40.7. The van der Waals surface area contributed by atoms with Crippen molar-refractivity contribution in [3.63, 3.8) is 0 Å². The molecule has 0 aliphatic heterocycles. The molecule has 2 rings (SSSR count). The number of hydrogen-bond acceptors (Lipinski definition) is 4. The Labute approximate surface area is 145 Å². The number of fused-ring (bicyclic) bond motifs is 1. The normalized spacial score (nSPS) is 11.8. The number of hydrogen-bond donors (Lipinski definition) is 2. The van der Waals surface area contributed by atoms with Gasteiger partial charge >= 0.3 is 0 Å². The zero-order chi connectivity index (χ0) is 18.6. The maximum Gasteiger partial charge on any atom is 0.268 e. The molecule has 7 heteroatoms. The van der Waals surface area contributed by atoms with Crippen LogP contribution in [0.3, 0.4) is 0 Å². The zero-order valence-electron chi connectivity index (χ0n) is 14.4. The number of pyridine rings is 1. The fourth-order valence-electron chi connectivity index (χ4n) is 2.53. The molecule has 0 aliphatic carbocycles. The van der Waals surface area contributed by atoms with Gasteiger partial charge in [0.05, 0.1) is 0 Å². The summed E-state index contributed by atoms with van der Waals surface area (Å²) in [6, 6.07) is 7.24. The summed E-state index contributed by atoms with van der Waals surface area (Å²) in [6.45, 7) is 3.83. The van der Waals surface area contributed by atoms with Crippen LogP contribution in [0.25, 0.3) is 10.9 Å². The fourth-order valence-corrected chi connectivity index (χ4v) is 2.53. The highest BCUT2D eigenvalue weighted by Gasteiger charge is 2.26. The van der Waals surface area contributed by atoms with Crippen LogP contribution >= 0.6 is 0 Å². The van der Waals surface area contributed by atoms with E-state index in [9.17, 15) is 14.4 Å². The monoisotopic (exact) mass is 340 g/mol. The van der Waals surface area contributed by atoms with Crippen molar-refractivity contribution in [2.75, 3.05) is 7.05 Å². The van der Waals surface area contributed by atoms with E-state index in [-0.39, 0.29) is 17.0 Å². The average Bonchev–Trinajstić information content (AvgIpc) is 2.59. The Morgan fingerprint density at radius 1 is 1.32 bits per heavy atom. The van der Waals surface area contributed by atoms with Crippen LogP contribution < -0.4 is 10.7 Å². The smallest absolute Gasteiger partial charge is 0.268 e. The van der Waals surface area contributed by atoms with Gasteiger partial charge in [0.25, 0.3) is 11.8 Å². The van der Waals surface area contributed by atoms with E-state index in [1.165, 1.54) is 13.1 Å². The number of aromatic amines is 1. The van der Waals surface area contributed by atoms with Crippen LogP contribution in [-0.2, 0) is 4.79 Å². The number of para-hydroxylation sites is 1. The molecule has 25 heavy (non-hydrogen) atoms. The van der Waals surface area contributed by atoms with E-state index in [0.717, 1.165) is 4.90 Å². The van der Waals surface area contributed by atoms with Crippen molar-refractivity contribution in [1.82, 2.24) is 15.2 Å². The maximum atomic E-state index is 12.5. The molecule has 1 aromatic carbocycles. The van der Waals surface area contributed by atoms with Crippen LogP contribution in [0.4, 0.5) is 0 Å². The number of carbonyl (C=O) groups is 2. The van der Waals surface area contributed by atoms with Crippen LogP contribution in [0.2, 0.25) is 0 Å². The Morgan fingerprint density at radius 3 is 2.64 bits per heavy atom. The predicted octanol–water partition coefficient (Wildman–Crippen LogP) is 1.61. The van der Waals surface area contributed by atoms with Gasteiger partial charge in [-0.25, -0.2) is 0 Å². The lowest BCUT2D eigenvalue weighted by Gasteiger charge is -2.21. The Kier molecular flexibility index (Phi) is 5.55. The summed E-state index contributed by atoms with van der Waals surface area (Å²) in [5, 5.41) is 12.0. The zero-order valence-corrected chi connectivity index (χ0v) is 14.4. The van der Waals surface area contributed by atoms with Crippen molar-refractivity contribution in [2.24, 2.45) is 5.92 Å². The van der Waals surface area contributed by atoms with E-state index in [2.05, 4.69) is 10.3 Å². The number of H-pyrrole nitrogens is 1. The minimum atomic E-state index is -0.841. The SMILES string of the molecule is CC(C)C[C@@H](NC(=O)c1cc(=O)c2ccccc2[nH]1)C(=O)N(C)C#N. The Morgan fingerprint density at radius 2 is 2.00 bits per heavy atom. The highest BCUT2D eigenvalue weighted by molar-refractivity contribution is 5.97. The summed E-state index contributed by atoms with van der Waals surface area (Å²) in [5.41, 5.74) is 0.339. The van der Waals surface area contributed by atoms with Crippen LogP contribution in [0, 0.1) is 17.4 Å². The second-order valence-electron chi connectivity index (χ2n) is 6.25. The van der Waals surface area contributed by atoms with Gasteiger partial charge in [-0.15, -0.1) is 0 Å². The first kappa shape index (κ1) is 18.2. The molecule has 0 saturated carbocycles. The number of nitrogens with one attached hydrogen (secondary N) is 2. The number of aromatic nitrogens is 1. The van der Waals surface area contributed by atoms with Gasteiger partial charge in [0, 0.05) is 24.0 Å².